The molecule has 2 aromatic rings. The van der Waals surface area contributed by atoms with Gasteiger partial charge in [-0.25, -0.2) is 4.79 Å². The molecule has 0 saturated carbocycles. The smallest absolute Gasteiger partial charge is 0.337 e. The lowest BCUT2D eigenvalue weighted by atomic mass is 9.99. The van der Waals surface area contributed by atoms with E-state index in [0.717, 1.165) is 16.7 Å². The van der Waals surface area contributed by atoms with Gasteiger partial charge >= 0.3 is 5.97 Å². The van der Waals surface area contributed by atoms with E-state index in [9.17, 15) is 25.2 Å². The van der Waals surface area contributed by atoms with E-state index in [4.69, 9.17) is 14.2 Å². The second-order valence-electron chi connectivity index (χ2n) is 6.87. The predicted molar refractivity (Wildman–Crippen MR) is 102 cm³/mol. The SMILES string of the molecule is COC(=O)c1cccc(-c2ccc(O[C@H]3O[C@H](CO)[C@@H](O)[C@@H](O)[C@H]3O)c(C)c2)c1. The van der Waals surface area contributed by atoms with Crippen molar-refractivity contribution in [2.24, 2.45) is 0 Å². The number of methoxy groups -OCH3 is 1. The number of carbonyl (C=O) groups is 1. The largest absolute Gasteiger partial charge is 0.465 e. The lowest BCUT2D eigenvalue weighted by Gasteiger charge is -2.39. The molecule has 0 aromatic heterocycles. The summed E-state index contributed by atoms with van der Waals surface area (Å²) in [6.07, 6.45) is -6.73. The van der Waals surface area contributed by atoms with Crippen LogP contribution in [0.25, 0.3) is 11.1 Å². The minimum atomic E-state index is -1.51. The Kier molecular flexibility index (Phi) is 6.51. The van der Waals surface area contributed by atoms with Gasteiger partial charge in [0.1, 0.15) is 30.2 Å². The summed E-state index contributed by atoms with van der Waals surface area (Å²) in [6, 6.07) is 12.3. The Labute approximate surface area is 167 Å². The van der Waals surface area contributed by atoms with Crippen molar-refractivity contribution in [2.45, 2.75) is 37.6 Å². The number of carbonyl (C=O) groups excluding carboxylic acids is 1. The molecule has 8 heteroatoms. The van der Waals surface area contributed by atoms with Gasteiger partial charge in [-0.15, -0.1) is 0 Å². The molecule has 0 unspecified atom stereocenters. The first kappa shape index (κ1) is 21.2. The molecule has 1 heterocycles. The van der Waals surface area contributed by atoms with Crippen LogP contribution >= 0.6 is 0 Å². The van der Waals surface area contributed by atoms with E-state index in [-0.39, 0.29) is 0 Å². The van der Waals surface area contributed by atoms with Crippen molar-refractivity contribution < 1.29 is 39.4 Å². The van der Waals surface area contributed by atoms with Crippen LogP contribution in [0.15, 0.2) is 42.5 Å². The lowest BCUT2D eigenvalue weighted by Crippen LogP contribution is -2.60. The van der Waals surface area contributed by atoms with Crippen molar-refractivity contribution in [3.05, 3.63) is 53.6 Å². The number of ether oxygens (including phenoxy) is 3. The van der Waals surface area contributed by atoms with Crippen molar-refractivity contribution in [1.29, 1.82) is 0 Å². The molecule has 5 atom stereocenters. The third-order valence-electron chi connectivity index (χ3n) is 4.88. The highest BCUT2D eigenvalue weighted by Gasteiger charge is 2.44. The van der Waals surface area contributed by atoms with Crippen LogP contribution in [0.3, 0.4) is 0 Å². The van der Waals surface area contributed by atoms with E-state index in [1.165, 1.54) is 7.11 Å². The van der Waals surface area contributed by atoms with Gasteiger partial charge < -0.3 is 34.6 Å². The second-order valence-corrected chi connectivity index (χ2v) is 6.87. The van der Waals surface area contributed by atoms with E-state index in [1.807, 2.05) is 12.1 Å². The van der Waals surface area contributed by atoms with Gasteiger partial charge in [-0.05, 0) is 47.9 Å². The Morgan fingerprint density at radius 1 is 1.03 bits per heavy atom. The Morgan fingerprint density at radius 2 is 1.76 bits per heavy atom. The molecule has 29 heavy (non-hydrogen) atoms. The van der Waals surface area contributed by atoms with E-state index in [2.05, 4.69) is 0 Å². The molecule has 0 amide bonds. The van der Waals surface area contributed by atoms with Crippen LogP contribution in [-0.2, 0) is 9.47 Å². The van der Waals surface area contributed by atoms with Gasteiger partial charge in [0, 0.05) is 0 Å². The molecule has 3 rings (SSSR count). The zero-order valence-corrected chi connectivity index (χ0v) is 16.1. The zero-order valence-electron chi connectivity index (χ0n) is 16.1. The fourth-order valence-electron chi connectivity index (χ4n) is 3.19. The van der Waals surface area contributed by atoms with Crippen molar-refractivity contribution in [3.8, 4) is 16.9 Å². The number of aliphatic hydroxyl groups excluding tert-OH is 4. The molecule has 8 nitrogen and oxygen atoms in total. The fourth-order valence-corrected chi connectivity index (χ4v) is 3.19. The first-order chi connectivity index (χ1) is 13.8. The normalized spacial score (nSPS) is 26.8. The average Bonchev–Trinajstić information content (AvgIpc) is 2.74. The van der Waals surface area contributed by atoms with Crippen LogP contribution in [0, 0.1) is 6.92 Å². The highest BCUT2D eigenvalue weighted by atomic mass is 16.7. The highest BCUT2D eigenvalue weighted by Crippen LogP contribution is 2.30. The molecule has 156 valence electrons. The van der Waals surface area contributed by atoms with Gasteiger partial charge in [-0.2, -0.15) is 0 Å². The number of hydrogen-bond donors (Lipinski definition) is 4. The maximum atomic E-state index is 11.7. The number of rotatable bonds is 5. The minimum Gasteiger partial charge on any atom is -0.465 e. The van der Waals surface area contributed by atoms with E-state index in [1.54, 1.807) is 37.3 Å². The van der Waals surface area contributed by atoms with Gasteiger partial charge in [0.25, 0.3) is 0 Å². The lowest BCUT2D eigenvalue weighted by molar-refractivity contribution is -0.277. The summed E-state index contributed by atoms with van der Waals surface area (Å²) in [5.74, 6) is -0.0201. The van der Waals surface area contributed by atoms with Gasteiger partial charge in [0.2, 0.25) is 6.29 Å². The van der Waals surface area contributed by atoms with E-state index < -0.39 is 43.3 Å². The van der Waals surface area contributed by atoms with Crippen LogP contribution in [0.1, 0.15) is 15.9 Å². The highest BCUT2D eigenvalue weighted by molar-refractivity contribution is 5.91. The van der Waals surface area contributed by atoms with Crippen molar-refractivity contribution in [1.82, 2.24) is 0 Å². The molecule has 4 N–H and O–H groups in total. The molecule has 1 aliphatic rings. The summed E-state index contributed by atoms with van der Waals surface area (Å²) in [4.78, 5) is 11.7. The van der Waals surface area contributed by atoms with Crippen LogP contribution in [0.5, 0.6) is 5.75 Å². The van der Waals surface area contributed by atoms with Crippen LogP contribution in [0.4, 0.5) is 0 Å². The van der Waals surface area contributed by atoms with Gasteiger partial charge in [0.15, 0.2) is 0 Å². The first-order valence-electron chi connectivity index (χ1n) is 9.12. The van der Waals surface area contributed by atoms with Gasteiger partial charge in [-0.1, -0.05) is 18.2 Å². The summed E-state index contributed by atoms with van der Waals surface area (Å²) in [7, 11) is 1.32. The van der Waals surface area contributed by atoms with Crippen molar-refractivity contribution in [2.75, 3.05) is 13.7 Å². The third-order valence-corrected chi connectivity index (χ3v) is 4.88. The molecule has 0 spiro atoms. The number of benzene rings is 2. The second kappa shape index (κ2) is 8.89. The maximum Gasteiger partial charge on any atom is 0.337 e. The Hall–Kier alpha value is -2.49. The Balaban J connectivity index is 1.81. The van der Waals surface area contributed by atoms with Gasteiger partial charge in [-0.3, -0.25) is 0 Å². The van der Waals surface area contributed by atoms with E-state index in [0.29, 0.717) is 11.3 Å². The van der Waals surface area contributed by atoms with E-state index >= 15 is 0 Å². The topological polar surface area (TPSA) is 126 Å². The number of aliphatic hydroxyl groups is 4. The number of esters is 1. The summed E-state index contributed by atoms with van der Waals surface area (Å²) in [5.41, 5.74) is 2.82. The predicted octanol–water partition coefficient (Wildman–Crippen LogP) is 0.627. The first-order valence-corrected chi connectivity index (χ1v) is 9.12. The summed E-state index contributed by atoms with van der Waals surface area (Å²) < 4.78 is 15.8. The monoisotopic (exact) mass is 404 g/mol. The van der Waals surface area contributed by atoms with Crippen molar-refractivity contribution in [3.63, 3.8) is 0 Å². The molecule has 1 saturated heterocycles. The number of aryl methyl sites for hydroxylation is 1. The molecule has 0 bridgehead atoms. The maximum absolute atomic E-state index is 11.7. The summed E-state index contributed by atoms with van der Waals surface area (Å²) in [6.45, 7) is 1.27. The quantitative estimate of drug-likeness (QED) is 0.535. The molecule has 2 aromatic carbocycles. The molecular formula is C21H24O8. The summed E-state index contributed by atoms with van der Waals surface area (Å²) >= 11 is 0. The Bertz CT molecular complexity index is 866. The molecular weight excluding hydrogens is 380 g/mol. The molecule has 1 aliphatic heterocycles. The molecule has 1 fully saturated rings. The van der Waals surface area contributed by atoms with Crippen LogP contribution in [-0.4, -0.2) is 70.8 Å². The summed E-state index contributed by atoms with van der Waals surface area (Å²) in [5, 5.41) is 39.2. The molecule has 0 radical (unpaired) electrons. The minimum absolute atomic E-state index is 0.405. The van der Waals surface area contributed by atoms with Gasteiger partial charge in [0.05, 0.1) is 19.3 Å². The van der Waals surface area contributed by atoms with Crippen LogP contribution < -0.4 is 4.74 Å². The third kappa shape index (κ3) is 4.42. The fraction of sp³-hybridized carbons (Fsp3) is 0.381. The standard InChI is InChI=1S/C21H24O8/c1-11-8-13(12-4-3-5-14(9-12)20(26)27-2)6-7-15(11)28-21-19(25)18(24)17(23)16(10-22)29-21/h3-9,16-19,21-25H,10H2,1-2H3/t16-,17-,18-,19-,21+/m1/s1. The zero-order chi connectivity index (χ0) is 21.1. The average molecular weight is 404 g/mol. The molecule has 0 aliphatic carbocycles. The Morgan fingerprint density at radius 3 is 2.41 bits per heavy atom. The van der Waals surface area contributed by atoms with Crippen molar-refractivity contribution >= 4 is 5.97 Å². The van der Waals surface area contributed by atoms with Crippen LogP contribution in [0.2, 0.25) is 0 Å². The number of hydrogen-bond acceptors (Lipinski definition) is 8.